The second-order valence-corrected chi connectivity index (χ2v) is 2.35. The maximum Gasteiger partial charge on any atom is 0.183 e. The largest absolute Gasteiger partial charge is 0.394 e. The Morgan fingerprint density at radius 3 is 2.70 bits per heavy atom. The van der Waals surface area contributed by atoms with E-state index in [0.29, 0.717) is 6.42 Å². The van der Waals surface area contributed by atoms with E-state index in [4.69, 9.17) is 19.7 Å². The summed E-state index contributed by atoms with van der Waals surface area (Å²) in [6, 6.07) is 0. The van der Waals surface area contributed by atoms with E-state index in [2.05, 4.69) is 0 Å². The molecule has 0 aromatic carbocycles. The third-order valence-electron chi connectivity index (χ3n) is 1.58. The van der Waals surface area contributed by atoms with Crippen molar-refractivity contribution >= 4 is 0 Å². The Kier molecular flexibility index (Phi) is 2.62. The zero-order valence-electron chi connectivity index (χ0n) is 5.86. The predicted octanol–water partition coefficient (Wildman–Crippen LogP) is -0.899. The zero-order chi connectivity index (χ0) is 7.56. The molecule has 0 unspecified atom stereocenters. The van der Waals surface area contributed by atoms with Crippen LogP contribution in [0.4, 0.5) is 0 Å². The molecule has 3 atom stereocenters. The first-order chi connectivity index (χ1) is 4.77. The van der Waals surface area contributed by atoms with Gasteiger partial charge in [-0.15, -0.1) is 0 Å². The highest BCUT2D eigenvalue weighted by Gasteiger charge is 2.33. The maximum absolute atomic E-state index is 9.13. The molecule has 1 fully saturated rings. The fourth-order valence-electron chi connectivity index (χ4n) is 1.05. The van der Waals surface area contributed by atoms with Gasteiger partial charge >= 0.3 is 0 Å². The lowest BCUT2D eigenvalue weighted by molar-refractivity contribution is -0.153. The SMILES string of the molecule is CO[C@@H]1O[C@H](CO)C[C@H]1O. The van der Waals surface area contributed by atoms with Crippen molar-refractivity contribution in [2.24, 2.45) is 0 Å². The molecule has 0 amide bonds. The van der Waals surface area contributed by atoms with Gasteiger partial charge < -0.3 is 19.7 Å². The Balaban J connectivity index is 2.36. The van der Waals surface area contributed by atoms with E-state index in [0.717, 1.165) is 0 Å². The molecule has 0 aromatic heterocycles. The molecule has 0 aromatic rings. The summed E-state index contributed by atoms with van der Waals surface area (Å²) in [5, 5.41) is 17.7. The van der Waals surface area contributed by atoms with Crippen LogP contribution >= 0.6 is 0 Å². The summed E-state index contributed by atoms with van der Waals surface area (Å²) in [6.07, 6.45) is -0.964. The van der Waals surface area contributed by atoms with Crippen molar-refractivity contribution in [2.75, 3.05) is 13.7 Å². The molecule has 0 saturated carbocycles. The lowest BCUT2D eigenvalue weighted by Crippen LogP contribution is -2.22. The number of rotatable bonds is 2. The van der Waals surface area contributed by atoms with Gasteiger partial charge in [0.2, 0.25) is 0 Å². The second-order valence-electron chi connectivity index (χ2n) is 2.35. The molecule has 1 heterocycles. The van der Waals surface area contributed by atoms with Crippen molar-refractivity contribution in [1.29, 1.82) is 0 Å². The molecule has 0 bridgehead atoms. The highest BCUT2D eigenvalue weighted by atomic mass is 16.7. The van der Waals surface area contributed by atoms with Crippen LogP contribution in [0, 0.1) is 0 Å². The Morgan fingerprint density at radius 1 is 1.70 bits per heavy atom. The number of hydrogen-bond acceptors (Lipinski definition) is 4. The predicted molar refractivity (Wildman–Crippen MR) is 33.4 cm³/mol. The third kappa shape index (κ3) is 1.46. The zero-order valence-corrected chi connectivity index (χ0v) is 5.86. The molecule has 0 radical (unpaired) electrons. The molecule has 1 aliphatic rings. The summed E-state index contributed by atoms with van der Waals surface area (Å²) in [6.45, 7) is -0.0586. The Hall–Kier alpha value is -0.160. The molecule has 1 rings (SSSR count). The van der Waals surface area contributed by atoms with Crippen LogP contribution in [0.25, 0.3) is 0 Å². The van der Waals surface area contributed by atoms with E-state index in [9.17, 15) is 0 Å². The number of aliphatic hydroxyl groups is 2. The molecular weight excluding hydrogens is 136 g/mol. The molecule has 60 valence electrons. The van der Waals surface area contributed by atoms with Gasteiger partial charge in [-0.2, -0.15) is 0 Å². The van der Waals surface area contributed by atoms with Crippen molar-refractivity contribution in [2.45, 2.75) is 24.9 Å². The van der Waals surface area contributed by atoms with E-state index in [1.54, 1.807) is 0 Å². The quantitative estimate of drug-likeness (QED) is 0.533. The molecule has 4 heteroatoms. The normalized spacial score (nSPS) is 40.5. The molecule has 0 aliphatic carbocycles. The minimum Gasteiger partial charge on any atom is -0.394 e. The topological polar surface area (TPSA) is 58.9 Å². The highest BCUT2D eigenvalue weighted by Crippen LogP contribution is 2.19. The fraction of sp³-hybridized carbons (Fsp3) is 1.00. The average molecular weight is 148 g/mol. The van der Waals surface area contributed by atoms with E-state index in [-0.39, 0.29) is 12.7 Å². The van der Waals surface area contributed by atoms with Crippen LogP contribution in [0.1, 0.15) is 6.42 Å². The van der Waals surface area contributed by atoms with Crippen molar-refractivity contribution < 1.29 is 19.7 Å². The van der Waals surface area contributed by atoms with Crippen molar-refractivity contribution in [3.05, 3.63) is 0 Å². The maximum atomic E-state index is 9.13. The number of ether oxygens (including phenoxy) is 2. The van der Waals surface area contributed by atoms with E-state index in [1.807, 2.05) is 0 Å². The van der Waals surface area contributed by atoms with E-state index in [1.165, 1.54) is 7.11 Å². The van der Waals surface area contributed by atoms with Gasteiger partial charge in [-0.1, -0.05) is 0 Å². The van der Waals surface area contributed by atoms with Gasteiger partial charge in [0, 0.05) is 13.5 Å². The van der Waals surface area contributed by atoms with Crippen LogP contribution in [-0.4, -0.2) is 42.4 Å². The summed E-state index contributed by atoms with van der Waals surface area (Å²) < 4.78 is 9.82. The molecule has 10 heavy (non-hydrogen) atoms. The smallest absolute Gasteiger partial charge is 0.183 e. The minimum absolute atomic E-state index is 0.0586. The van der Waals surface area contributed by atoms with Crippen molar-refractivity contribution in [3.63, 3.8) is 0 Å². The third-order valence-corrected chi connectivity index (χ3v) is 1.58. The standard InChI is InChI=1S/C6H12O4/c1-9-6-5(8)2-4(3-7)10-6/h4-8H,2-3H2,1H3/t4-,5+,6+/m0/s1. The van der Waals surface area contributed by atoms with E-state index < -0.39 is 12.4 Å². The average Bonchev–Trinajstić information content (AvgIpc) is 2.30. The summed E-state index contributed by atoms with van der Waals surface area (Å²) in [5.74, 6) is 0. The van der Waals surface area contributed by atoms with Gasteiger partial charge in [-0.3, -0.25) is 0 Å². The van der Waals surface area contributed by atoms with Crippen LogP contribution in [-0.2, 0) is 9.47 Å². The molecule has 4 nitrogen and oxygen atoms in total. The number of hydrogen-bond donors (Lipinski definition) is 2. The van der Waals surface area contributed by atoms with Crippen LogP contribution in [0.15, 0.2) is 0 Å². The van der Waals surface area contributed by atoms with Gasteiger partial charge in [0.1, 0.15) is 6.10 Å². The first kappa shape index (κ1) is 7.94. The summed E-state index contributed by atoms with van der Waals surface area (Å²) in [4.78, 5) is 0. The van der Waals surface area contributed by atoms with Crippen molar-refractivity contribution in [1.82, 2.24) is 0 Å². The van der Waals surface area contributed by atoms with Gasteiger partial charge in [0.15, 0.2) is 6.29 Å². The Bertz CT molecular complexity index is 106. The summed E-state index contributed by atoms with van der Waals surface area (Å²) >= 11 is 0. The molecule has 0 spiro atoms. The highest BCUT2D eigenvalue weighted by molar-refractivity contribution is 4.75. The van der Waals surface area contributed by atoms with Gasteiger partial charge in [-0.05, 0) is 0 Å². The second kappa shape index (κ2) is 3.30. The van der Waals surface area contributed by atoms with Crippen LogP contribution < -0.4 is 0 Å². The van der Waals surface area contributed by atoms with Crippen molar-refractivity contribution in [3.8, 4) is 0 Å². The Morgan fingerprint density at radius 2 is 2.40 bits per heavy atom. The number of methoxy groups -OCH3 is 1. The molecule has 2 N–H and O–H groups in total. The lowest BCUT2D eigenvalue weighted by Gasteiger charge is -2.10. The molecule has 1 aliphatic heterocycles. The van der Waals surface area contributed by atoms with Crippen LogP contribution in [0.2, 0.25) is 0 Å². The number of aliphatic hydroxyl groups excluding tert-OH is 2. The first-order valence-electron chi connectivity index (χ1n) is 3.25. The monoisotopic (exact) mass is 148 g/mol. The van der Waals surface area contributed by atoms with Crippen LogP contribution in [0.5, 0.6) is 0 Å². The van der Waals surface area contributed by atoms with E-state index >= 15 is 0 Å². The van der Waals surface area contributed by atoms with Gasteiger partial charge in [-0.25, -0.2) is 0 Å². The fourth-order valence-corrected chi connectivity index (χ4v) is 1.05. The first-order valence-corrected chi connectivity index (χ1v) is 3.25. The minimum atomic E-state index is -0.595. The Labute approximate surface area is 59.4 Å². The summed E-state index contributed by atoms with van der Waals surface area (Å²) in [5.41, 5.74) is 0. The summed E-state index contributed by atoms with van der Waals surface area (Å²) in [7, 11) is 1.47. The van der Waals surface area contributed by atoms with Gasteiger partial charge in [0.05, 0.1) is 12.7 Å². The van der Waals surface area contributed by atoms with Gasteiger partial charge in [0.25, 0.3) is 0 Å². The lowest BCUT2D eigenvalue weighted by atomic mass is 10.2. The molecular formula is C6H12O4. The molecule has 1 saturated heterocycles. The van der Waals surface area contributed by atoms with Crippen LogP contribution in [0.3, 0.4) is 0 Å².